The summed E-state index contributed by atoms with van der Waals surface area (Å²) >= 11 is 0. The van der Waals surface area contributed by atoms with E-state index in [-0.39, 0.29) is 10.8 Å². The quantitative estimate of drug-likeness (QED) is 0.707. The van der Waals surface area contributed by atoms with E-state index in [0.717, 1.165) is 6.42 Å². The van der Waals surface area contributed by atoms with Gasteiger partial charge < -0.3 is 5.11 Å². The molecule has 0 saturated heterocycles. The fourth-order valence-corrected chi connectivity index (χ4v) is 3.09. The van der Waals surface area contributed by atoms with Gasteiger partial charge in [0, 0.05) is 5.41 Å². The average molecular weight is 218 g/mol. The van der Waals surface area contributed by atoms with E-state index in [0.29, 0.717) is 0 Å². The first kappa shape index (κ1) is 11.7. The summed E-state index contributed by atoms with van der Waals surface area (Å²) in [7, 11) is 0. The van der Waals surface area contributed by atoms with Gasteiger partial charge in [0.05, 0.1) is 5.60 Å². The highest BCUT2D eigenvalue weighted by atomic mass is 16.3. The van der Waals surface area contributed by atoms with Crippen molar-refractivity contribution in [1.29, 1.82) is 0 Å². The van der Waals surface area contributed by atoms with Gasteiger partial charge in [-0.05, 0) is 29.9 Å². The van der Waals surface area contributed by atoms with Crippen molar-refractivity contribution in [2.24, 2.45) is 0 Å². The molecule has 0 aromatic heterocycles. The Kier molecular flexibility index (Phi) is 2.26. The molecule has 0 heterocycles. The molecule has 1 aromatic rings. The lowest BCUT2D eigenvalue weighted by Gasteiger charge is -2.51. The van der Waals surface area contributed by atoms with Gasteiger partial charge in [-0.2, -0.15) is 0 Å². The molecule has 0 aliphatic heterocycles. The molecule has 0 fully saturated rings. The second-order valence-corrected chi connectivity index (χ2v) is 6.51. The van der Waals surface area contributed by atoms with Crippen molar-refractivity contribution in [3.8, 4) is 0 Å². The minimum Gasteiger partial charge on any atom is -0.389 e. The zero-order valence-corrected chi connectivity index (χ0v) is 11.0. The van der Waals surface area contributed by atoms with Crippen molar-refractivity contribution < 1.29 is 5.11 Å². The van der Waals surface area contributed by atoms with Gasteiger partial charge in [-0.15, -0.1) is 0 Å². The first-order valence-electron chi connectivity index (χ1n) is 6.01. The van der Waals surface area contributed by atoms with Crippen LogP contribution in [0.15, 0.2) is 24.3 Å². The molecule has 1 aromatic carbocycles. The number of hydrogen-bond acceptors (Lipinski definition) is 1. The number of fused-ring (bicyclic) bond motifs is 1. The van der Waals surface area contributed by atoms with Crippen molar-refractivity contribution in [2.45, 2.75) is 57.5 Å². The minimum absolute atomic E-state index is 0.0512. The van der Waals surface area contributed by atoms with Gasteiger partial charge in [-0.25, -0.2) is 0 Å². The normalized spacial score (nSPS) is 30.9. The maximum Gasteiger partial charge on any atom is 0.0719 e. The van der Waals surface area contributed by atoms with E-state index >= 15 is 0 Å². The molecule has 1 atom stereocenters. The van der Waals surface area contributed by atoms with Crippen molar-refractivity contribution >= 4 is 0 Å². The molecular formula is C15H22O. The van der Waals surface area contributed by atoms with E-state index in [2.05, 4.69) is 52.0 Å². The Bertz CT molecular complexity index is 413. The monoisotopic (exact) mass is 218 g/mol. The summed E-state index contributed by atoms with van der Waals surface area (Å²) in [6.45, 7) is 10.7. The first-order chi connectivity index (χ1) is 7.18. The van der Waals surface area contributed by atoms with Crippen LogP contribution < -0.4 is 0 Å². The van der Waals surface area contributed by atoms with Crippen molar-refractivity contribution in [3.63, 3.8) is 0 Å². The van der Waals surface area contributed by atoms with E-state index in [1.165, 1.54) is 11.1 Å². The zero-order chi connectivity index (χ0) is 12.2. The fourth-order valence-electron chi connectivity index (χ4n) is 3.09. The van der Waals surface area contributed by atoms with Crippen molar-refractivity contribution in [2.75, 3.05) is 0 Å². The Labute approximate surface area is 98.5 Å². The van der Waals surface area contributed by atoms with Gasteiger partial charge in [0.2, 0.25) is 0 Å². The maximum absolute atomic E-state index is 10.7. The van der Waals surface area contributed by atoms with E-state index in [1.54, 1.807) is 0 Å². The summed E-state index contributed by atoms with van der Waals surface area (Å²) in [6.07, 6.45) is 0.810. The molecule has 0 spiro atoms. The van der Waals surface area contributed by atoms with Gasteiger partial charge in [0.1, 0.15) is 0 Å². The summed E-state index contributed by atoms with van der Waals surface area (Å²) in [4.78, 5) is 0. The van der Waals surface area contributed by atoms with E-state index in [9.17, 15) is 5.11 Å². The third-order valence-electron chi connectivity index (χ3n) is 4.46. The molecule has 0 bridgehead atoms. The Balaban J connectivity index is 2.71. The Morgan fingerprint density at radius 3 is 2.00 bits per heavy atom. The number of benzene rings is 1. The predicted molar refractivity (Wildman–Crippen MR) is 67.7 cm³/mol. The standard InChI is InChI=1S/C15H22O/c1-13(2)10-15(5,16)14(3,4)12-9-7-6-8-11(12)13/h6-9,16H,10H2,1-5H3. The predicted octanol–water partition coefficient (Wildman–Crippen LogP) is 3.40. The SMILES string of the molecule is CC1(C)CC(C)(O)C(C)(C)c2ccccc21. The Hall–Kier alpha value is -0.820. The molecule has 16 heavy (non-hydrogen) atoms. The maximum atomic E-state index is 10.7. The van der Waals surface area contributed by atoms with Gasteiger partial charge in [-0.3, -0.25) is 0 Å². The molecule has 1 aliphatic carbocycles. The summed E-state index contributed by atoms with van der Waals surface area (Å²) < 4.78 is 0. The molecule has 1 heteroatoms. The van der Waals surface area contributed by atoms with Crippen LogP contribution in [0.4, 0.5) is 0 Å². The van der Waals surface area contributed by atoms with Crippen molar-refractivity contribution in [1.82, 2.24) is 0 Å². The van der Waals surface area contributed by atoms with Gasteiger partial charge >= 0.3 is 0 Å². The summed E-state index contributed by atoms with van der Waals surface area (Å²) in [6, 6.07) is 8.52. The zero-order valence-electron chi connectivity index (χ0n) is 11.0. The molecule has 2 rings (SSSR count). The van der Waals surface area contributed by atoms with E-state index < -0.39 is 5.60 Å². The molecule has 0 amide bonds. The summed E-state index contributed by atoms with van der Waals surface area (Å²) in [5, 5.41) is 10.7. The van der Waals surface area contributed by atoms with Crippen LogP contribution in [0, 0.1) is 0 Å². The molecule has 1 unspecified atom stereocenters. The number of aliphatic hydroxyl groups is 1. The highest BCUT2D eigenvalue weighted by molar-refractivity contribution is 5.44. The van der Waals surface area contributed by atoms with E-state index in [1.807, 2.05) is 6.92 Å². The Morgan fingerprint density at radius 2 is 1.44 bits per heavy atom. The third kappa shape index (κ3) is 1.41. The molecule has 88 valence electrons. The van der Waals surface area contributed by atoms with Crippen molar-refractivity contribution in [3.05, 3.63) is 35.4 Å². The van der Waals surface area contributed by atoms with Gasteiger partial charge in [0.25, 0.3) is 0 Å². The van der Waals surface area contributed by atoms with Crippen LogP contribution in [0.1, 0.15) is 52.2 Å². The van der Waals surface area contributed by atoms with Gasteiger partial charge in [0.15, 0.2) is 0 Å². The topological polar surface area (TPSA) is 20.2 Å². The highest BCUT2D eigenvalue weighted by Crippen LogP contribution is 2.50. The summed E-state index contributed by atoms with van der Waals surface area (Å²) in [5.41, 5.74) is 1.89. The summed E-state index contributed by atoms with van der Waals surface area (Å²) in [5.74, 6) is 0. The molecular weight excluding hydrogens is 196 g/mol. The van der Waals surface area contributed by atoms with Gasteiger partial charge in [-0.1, -0.05) is 52.0 Å². The third-order valence-corrected chi connectivity index (χ3v) is 4.46. The lowest BCUT2D eigenvalue weighted by Crippen LogP contribution is -2.53. The molecule has 1 aliphatic rings. The fraction of sp³-hybridized carbons (Fsp3) is 0.600. The lowest BCUT2D eigenvalue weighted by molar-refractivity contribution is -0.0421. The van der Waals surface area contributed by atoms with Crippen LogP contribution in [-0.2, 0) is 10.8 Å². The second kappa shape index (κ2) is 3.10. The lowest BCUT2D eigenvalue weighted by atomic mass is 9.56. The molecule has 0 radical (unpaired) electrons. The minimum atomic E-state index is -0.648. The van der Waals surface area contributed by atoms with Crippen LogP contribution in [-0.4, -0.2) is 10.7 Å². The van der Waals surface area contributed by atoms with Crippen LogP contribution in [0.5, 0.6) is 0 Å². The molecule has 0 saturated carbocycles. The number of hydrogen-bond donors (Lipinski definition) is 1. The van der Waals surface area contributed by atoms with Crippen LogP contribution in [0.2, 0.25) is 0 Å². The first-order valence-corrected chi connectivity index (χ1v) is 6.01. The smallest absolute Gasteiger partial charge is 0.0719 e. The molecule has 1 nitrogen and oxygen atoms in total. The van der Waals surface area contributed by atoms with Crippen LogP contribution in [0.25, 0.3) is 0 Å². The highest BCUT2D eigenvalue weighted by Gasteiger charge is 2.50. The van der Waals surface area contributed by atoms with E-state index in [4.69, 9.17) is 0 Å². The largest absolute Gasteiger partial charge is 0.389 e. The Morgan fingerprint density at radius 1 is 0.938 bits per heavy atom. The average Bonchev–Trinajstić information content (AvgIpc) is 2.14. The van der Waals surface area contributed by atoms with Crippen LogP contribution in [0.3, 0.4) is 0 Å². The van der Waals surface area contributed by atoms with Crippen LogP contribution >= 0.6 is 0 Å². The molecule has 1 N–H and O–H groups in total. The number of rotatable bonds is 0. The second-order valence-electron chi connectivity index (χ2n) is 6.51.